The molecular formula is C79H115N9O14. The molecule has 4 unspecified atom stereocenters. The number of nitrogens with zero attached hydrogens (tertiary/aromatic N) is 8. The molecule has 12 rings (SSSR count). The molecule has 0 saturated carbocycles. The molecule has 0 aromatic heterocycles. The summed E-state index contributed by atoms with van der Waals surface area (Å²) in [6.45, 7) is 21.5. The third-order valence-corrected chi connectivity index (χ3v) is 19.4. The Balaban J connectivity index is 0.000000159. The maximum Gasteiger partial charge on any atom is 0.334 e. The third-order valence-electron chi connectivity index (χ3n) is 19.4. The predicted octanol–water partition coefficient (Wildman–Crippen LogP) is 9.12. The first-order chi connectivity index (χ1) is 50.1. The SMILES string of the molecule is COC(=O)C(CO)NC(=O)c1ccc(OCCCN2CCCCC2)cc1.COC(=O)C1COC(c2ccc(OCCCN3CCCCC3)cc2)=N1.OCC1COC(c2ccc(OCCCN3CCCCC3)cc2)=N1.c1cc(C2=NC(CN3CCCCC3)CO2)ccc1OCCCN1CCCCC1. The van der Waals surface area contributed by atoms with Crippen molar-refractivity contribution < 1.29 is 67.2 Å². The van der Waals surface area contributed by atoms with Crippen LogP contribution in [0.2, 0.25) is 0 Å². The summed E-state index contributed by atoms with van der Waals surface area (Å²) >= 11 is 0. The van der Waals surface area contributed by atoms with Gasteiger partial charge >= 0.3 is 11.9 Å². The molecule has 8 aliphatic heterocycles. The maximum atomic E-state index is 12.1. The van der Waals surface area contributed by atoms with Crippen LogP contribution in [0.25, 0.3) is 0 Å². The molecule has 0 bridgehead atoms. The second-order valence-electron chi connectivity index (χ2n) is 27.4. The monoisotopic (exact) mass is 1410 g/mol. The standard InChI is InChI=1S/C23H35N3O2.C19H28N2O5.C19H26N2O4.C18H26N2O3/c1-3-12-25(13-4-1)16-7-17-27-22-10-8-20(9-11-22)23-24-21(19-28-23)18-26-14-5-2-6-15-26;1-25-19(24)17(14-22)20-18(23)15-6-8-16(9-7-15)26-13-5-12-21-10-3-2-4-11-21;1-23-19(22)17-14-25-18(20-17)15-6-8-16(9-7-15)24-13-5-12-21-10-3-2-4-11-21;21-13-16-14-23-18(19-16)15-5-7-17(8-6-15)22-12-4-11-20-9-2-1-3-10-20/h8-11,21H,1-7,12-19H2;6-9,17,22H,2-5,10-14H2,1H3,(H,20,23);6-9,17H,2-5,10-14H2,1H3;5-8,16,21H,1-4,9-14H2. The molecule has 0 radical (unpaired) electrons. The number of piperidine rings is 5. The fraction of sp³-hybridized carbons (Fsp3) is 0.620. The zero-order valence-electron chi connectivity index (χ0n) is 60.8. The van der Waals surface area contributed by atoms with E-state index in [1.165, 1.54) is 176 Å². The van der Waals surface area contributed by atoms with Gasteiger partial charge in [-0.05, 0) is 252 Å². The minimum absolute atomic E-state index is 0.0295. The lowest BCUT2D eigenvalue weighted by Crippen LogP contribution is -2.44. The molecule has 4 aromatic carbocycles. The molecule has 560 valence electrons. The Morgan fingerprint density at radius 1 is 0.431 bits per heavy atom. The average molecular weight is 1410 g/mol. The molecular weight excluding hydrogens is 1300 g/mol. The fourth-order valence-electron chi connectivity index (χ4n) is 13.6. The van der Waals surface area contributed by atoms with E-state index in [-0.39, 0.29) is 31.3 Å². The molecule has 102 heavy (non-hydrogen) atoms. The van der Waals surface area contributed by atoms with Gasteiger partial charge in [-0.15, -0.1) is 0 Å². The van der Waals surface area contributed by atoms with Crippen LogP contribution in [0.5, 0.6) is 23.0 Å². The van der Waals surface area contributed by atoms with Crippen LogP contribution in [0.4, 0.5) is 0 Å². The van der Waals surface area contributed by atoms with Gasteiger partial charge in [-0.25, -0.2) is 24.6 Å². The topological polar surface area (TPSA) is 240 Å². The van der Waals surface area contributed by atoms with Gasteiger partial charge in [0, 0.05) is 55.0 Å². The largest absolute Gasteiger partial charge is 0.494 e. The Bertz CT molecular complexity index is 3130. The molecule has 0 spiro atoms. The zero-order chi connectivity index (χ0) is 71.2. The first-order valence-electron chi connectivity index (χ1n) is 38.0. The van der Waals surface area contributed by atoms with E-state index < -0.39 is 30.6 Å². The summed E-state index contributed by atoms with van der Waals surface area (Å²) in [5, 5.41) is 20.7. The van der Waals surface area contributed by atoms with Crippen LogP contribution in [0.15, 0.2) is 112 Å². The lowest BCUT2D eigenvalue weighted by atomic mass is 10.1. The van der Waals surface area contributed by atoms with E-state index in [0.717, 1.165) is 118 Å². The van der Waals surface area contributed by atoms with Crippen LogP contribution < -0.4 is 24.3 Å². The van der Waals surface area contributed by atoms with Crippen molar-refractivity contribution in [3.8, 4) is 23.0 Å². The van der Waals surface area contributed by atoms with Crippen molar-refractivity contribution in [2.75, 3.05) is 172 Å². The van der Waals surface area contributed by atoms with E-state index in [0.29, 0.717) is 42.9 Å². The maximum absolute atomic E-state index is 12.1. The molecule has 8 aliphatic rings. The van der Waals surface area contributed by atoms with Crippen molar-refractivity contribution in [1.82, 2.24) is 29.8 Å². The minimum atomic E-state index is -1.07. The van der Waals surface area contributed by atoms with Gasteiger partial charge in [-0.1, -0.05) is 32.1 Å². The van der Waals surface area contributed by atoms with Crippen LogP contribution >= 0.6 is 0 Å². The van der Waals surface area contributed by atoms with Crippen molar-refractivity contribution in [1.29, 1.82) is 0 Å². The number of methoxy groups -OCH3 is 2. The van der Waals surface area contributed by atoms with Crippen LogP contribution in [-0.2, 0) is 33.3 Å². The number of rotatable bonds is 31. The first kappa shape index (κ1) is 78.8. The third kappa shape index (κ3) is 27.7. The average Bonchev–Trinajstić information content (AvgIpc) is 1.70. The molecule has 5 fully saturated rings. The number of aliphatic hydroxyl groups is 2. The lowest BCUT2D eigenvalue weighted by molar-refractivity contribution is -0.144. The number of carbonyl (C=O) groups excluding carboxylic acids is 3. The molecule has 8 heterocycles. The van der Waals surface area contributed by atoms with Gasteiger partial charge in [0.2, 0.25) is 17.7 Å². The number of amides is 1. The molecule has 23 heteroatoms. The van der Waals surface area contributed by atoms with Crippen LogP contribution in [-0.4, -0.2) is 266 Å². The molecule has 4 aromatic rings. The molecule has 5 saturated heterocycles. The summed E-state index contributed by atoms with van der Waals surface area (Å²) in [5.74, 6) is 3.73. The Hall–Kier alpha value is -7.38. The normalized spacial score (nSPS) is 20.6. The molecule has 4 atom stereocenters. The van der Waals surface area contributed by atoms with Gasteiger partial charge in [0.15, 0.2) is 12.1 Å². The Kier molecular flexibility index (Phi) is 34.7. The predicted molar refractivity (Wildman–Crippen MR) is 396 cm³/mol. The zero-order valence-corrected chi connectivity index (χ0v) is 60.8. The minimum Gasteiger partial charge on any atom is -0.494 e. The number of aliphatic imine (C=N–C) groups is 3. The summed E-state index contributed by atoms with van der Waals surface area (Å²) in [6.07, 6.45) is 24.3. The number of esters is 2. The number of nitrogens with one attached hydrogen (secondary N) is 1. The van der Waals surface area contributed by atoms with Crippen LogP contribution in [0.1, 0.15) is 149 Å². The highest BCUT2D eigenvalue weighted by molar-refractivity contribution is 5.98. The molecule has 3 N–H and O–H groups in total. The van der Waals surface area contributed by atoms with Gasteiger partial charge in [-0.2, -0.15) is 0 Å². The van der Waals surface area contributed by atoms with E-state index in [2.05, 4.69) is 61.4 Å². The lowest BCUT2D eigenvalue weighted by Gasteiger charge is -2.27. The number of carbonyl (C=O) groups is 3. The summed E-state index contributed by atoms with van der Waals surface area (Å²) in [7, 11) is 2.56. The van der Waals surface area contributed by atoms with E-state index in [4.69, 9.17) is 48.4 Å². The number of ether oxygens (including phenoxy) is 9. The highest BCUT2D eigenvalue weighted by Gasteiger charge is 2.28. The van der Waals surface area contributed by atoms with Crippen molar-refractivity contribution in [3.05, 3.63) is 119 Å². The van der Waals surface area contributed by atoms with Gasteiger partial charge in [0.1, 0.15) is 54.9 Å². The Morgan fingerprint density at radius 2 is 0.765 bits per heavy atom. The van der Waals surface area contributed by atoms with Crippen LogP contribution in [0.3, 0.4) is 0 Å². The fourth-order valence-corrected chi connectivity index (χ4v) is 13.6. The molecule has 23 nitrogen and oxygen atoms in total. The van der Waals surface area contributed by atoms with Crippen molar-refractivity contribution >= 4 is 35.5 Å². The summed E-state index contributed by atoms with van der Waals surface area (Å²) in [5.41, 5.74) is 3.21. The van der Waals surface area contributed by atoms with Crippen LogP contribution in [0, 0.1) is 0 Å². The number of benzene rings is 4. The van der Waals surface area contributed by atoms with Crippen molar-refractivity contribution in [2.24, 2.45) is 15.0 Å². The second-order valence-corrected chi connectivity index (χ2v) is 27.4. The van der Waals surface area contributed by atoms with E-state index in [9.17, 15) is 14.4 Å². The number of likely N-dealkylation sites (tertiary alicyclic amines) is 5. The molecule has 0 aliphatic carbocycles. The Labute approximate surface area is 605 Å². The quantitative estimate of drug-likeness (QED) is 0.0314. The number of aliphatic hydroxyl groups excluding tert-OH is 2. The second kappa shape index (κ2) is 45.0. The van der Waals surface area contributed by atoms with E-state index in [1.54, 1.807) is 24.3 Å². The molecule has 1 amide bonds. The van der Waals surface area contributed by atoms with Crippen molar-refractivity contribution in [2.45, 2.75) is 146 Å². The smallest absolute Gasteiger partial charge is 0.334 e. The van der Waals surface area contributed by atoms with Gasteiger partial charge in [0.25, 0.3) is 5.91 Å². The highest BCUT2D eigenvalue weighted by atomic mass is 16.5. The number of hydrogen-bond acceptors (Lipinski definition) is 22. The summed E-state index contributed by atoms with van der Waals surface area (Å²) in [6, 6.07) is 28.9. The summed E-state index contributed by atoms with van der Waals surface area (Å²) in [4.78, 5) is 61.0. The van der Waals surface area contributed by atoms with Gasteiger partial charge in [0.05, 0.1) is 53.9 Å². The summed E-state index contributed by atoms with van der Waals surface area (Å²) < 4.78 is 49.3. The number of hydrogen-bond donors (Lipinski definition) is 3. The van der Waals surface area contributed by atoms with Gasteiger partial charge < -0.3 is 82.7 Å². The van der Waals surface area contributed by atoms with E-state index in [1.807, 2.05) is 60.7 Å². The van der Waals surface area contributed by atoms with E-state index >= 15 is 0 Å². The van der Waals surface area contributed by atoms with Gasteiger partial charge in [-0.3, -0.25) is 4.79 Å². The highest BCUT2D eigenvalue weighted by Crippen LogP contribution is 2.23. The first-order valence-corrected chi connectivity index (χ1v) is 38.0. The van der Waals surface area contributed by atoms with Crippen molar-refractivity contribution in [3.63, 3.8) is 0 Å². The Morgan fingerprint density at radius 3 is 1.11 bits per heavy atom.